The lowest BCUT2D eigenvalue weighted by Gasteiger charge is -2.61. The van der Waals surface area contributed by atoms with Crippen molar-refractivity contribution >= 4 is 11.9 Å². The maximum Gasteiger partial charge on any atom is 0.305 e. The van der Waals surface area contributed by atoms with Crippen molar-refractivity contribution in [2.45, 2.75) is 104 Å². The van der Waals surface area contributed by atoms with Gasteiger partial charge in [-0.05, 0) is 111 Å². The Bertz CT molecular complexity index is 689. The molecular weight excluding hydrogens is 388 g/mol. The van der Waals surface area contributed by atoms with Crippen LogP contribution in [0.1, 0.15) is 98.3 Å². The van der Waals surface area contributed by atoms with Crippen molar-refractivity contribution < 1.29 is 19.1 Å². The first kappa shape index (κ1) is 23.1. The first-order chi connectivity index (χ1) is 14.7. The molecule has 0 radical (unpaired) electrons. The molecule has 31 heavy (non-hydrogen) atoms. The lowest BCUT2D eigenvalue weighted by molar-refractivity contribution is -0.160. The first-order valence-corrected chi connectivity index (χ1v) is 12.9. The second kappa shape index (κ2) is 8.71. The number of hydrogen-bond donors (Lipinski definition) is 0. The van der Waals surface area contributed by atoms with E-state index in [9.17, 15) is 9.59 Å². The van der Waals surface area contributed by atoms with Crippen molar-refractivity contribution in [3.63, 3.8) is 0 Å². The molecule has 4 aliphatic carbocycles. The van der Waals surface area contributed by atoms with Crippen LogP contribution in [-0.4, -0.2) is 25.2 Å². The van der Waals surface area contributed by atoms with Crippen LogP contribution in [0.3, 0.4) is 0 Å². The molecule has 4 heteroatoms. The zero-order chi connectivity index (χ0) is 22.4. The van der Waals surface area contributed by atoms with E-state index >= 15 is 0 Å². The maximum absolute atomic E-state index is 11.7. The van der Waals surface area contributed by atoms with Gasteiger partial charge in [0, 0.05) is 13.3 Å². The lowest BCUT2D eigenvalue weighted by atomic mass is 9.44. The van der Waals surface area contributed by atoms with Gasteiger partial charge in [0.2, 0.25) is 0 Å². The minimum atomic E-state index is -0.117. The minimum Gasteiger partial charge on any atom is -0.469 e. The summed E-state index contributed by atoms with van der Waals surface area (Å²) in [6.07, 6.45) is 13.1. The fourth-order valence-corrected chi connectivity index (χ4v) is 9.18. The molecule has 0 aliphatic heterocycles. The van der Waals surface area contributed by atoms with Crippen LogP contribution >= 0.6 is 0 Å². The summed E-state index contributed by atoms with van der Waals surface area (Å²) in [5, 5.41) is 0. The van der Waals surface area contributed by atoms with Gasteiger partial charge >= 0.3 is 11.9 Å². The summed E-state index contributed by atoms with van der Waals surface area (Å²) in [4.78, 5) is 23.2. The quantitative estimate of drug-likeness (QED) is 0.488. The van der Waals surface area contributed by atoms with E-state index in [1.54, 1.807) is 6.92 Å². The van der Waals surface area contributed by atoms with Crippen LogP contribution in [0.2, 0.25) is 0 Å². The molecule has 0 bridgehead atoms. The van der Waals surface area contributed by atoms with Crippen molar-refractivity contribution in [1.82, 2.24) is 0 Å². The number of carbonyl (C=O) groups is 2. The summed E-state index contributed by atoms with van der Waals surface area (Å²) >= 11 is 0. The summed E-state index contributed by atoms with van der Waals surface area (Å²) < 4.78 is 10.5. The molecule has 0 saturated heterocycles. The Morgan fingerprint density at radius 2 is 1.68 bits per heavy atom. The molecule has 4 saturated carbocycles. The average Bonchev–Trinajstić information content (AvgIpc) is 3.09. The molecular formula is C27H44O4. The highest BCUT2D eigenvalue weighted by atomic mass is 16.5. The highest BCUT2D eigenvalue weighted by Crippen LogP contribution is 2.68. The highest BCUT2D eigenvalue weighted by Gasteiger charge is 2.60. The van der Waals surface area contributed by atoms with E-state index < -0.39 is 0 Å². The number of rotatable bonds is 5. The van der Waals surface area contributed by atoms with Crippen LogP contribution in [0, 0.1) is 46.3 Å². The molecule has 4 aliphatic rings. The van der Waals surface area contributed by atoms with Gasteiger partial charge in [-0.1, -0.05) is 20.8 Å². The van der Waals surface area contributed by atoms with E-state index in [-0.39, 0.29) is 18.0 Å². The van der Waals surface area contributed by atoms with Gasteiger partial charge in [-0.2, -0.15) is 0 Å². The van der Waals surface area contributed by atoms with Crippen molar-refractivity contribution in [3.8, 4) is 0 Å². The molecule has 0 amide bonds. The van der Waals surface area contributed by atoms with Crippen molar-refractivity contribution in [2.24, 2.45) is 46.3 Å². The van der Waals surface area contributed by atoms with E-state index in [2.05, 4.69) is 20.8 Å². The topological polar surface area (TPSA) is 52.6 Å². The number of methoxy groups -OCH3 is 1. The average molecular weight is 433 g/mol. The molecule has 0 heterocycles. The first-order valence-electron chi connectivity index (χ1n) is 12.9. The normalized spacial score (nSPS) is 45.1. The van der Waals surface area contributed by atoms with Crippen LogP contribution in [0.25, 0.3) is 0 Å². The predicted molar refractivity (Wildman–Crippen MR) is 121 cm³/mol. The van der Waals surface area contributed by atoms with E-state index in [0.717, 1.165) is 42.9 Å². The van der Waals surface area contributed by atoms with E-state index in [4.69, 9.17) is 9.47 Å². The summed E-state index contributed by atoms with van der Waals surface area (Å²) in [5.74, 6) is 4.42. The van der Waals surface area contributed by atoms with Crippen molar-refractivity contribution in [1.29, 1.82) is 0 Å². The zero-order valence-electron chi connectivity index (χ0n) is 20.5. The molecule has 0 spiro atoms. The molecule has 4 fully saturated rings. The highest BCUT2D eigenvalue weighted by molar-refractivity contribution is 5.69. The molecule has 0 aromatic rings. The molecule has 0 aromatic heterocycles. The molecule has 4 rings (SSSR count). The Labute approximate surface area is 189 Å². The molecule has 9 atom stereocenters. The number of ether oxygens (including phenoxy) is 2. The molecule has 4 nitrogen and oxygen atoms in total. The lowest BCUT2D eigenvalue weighted by Crippen LogP contribution is -2.54. The number of esters is 2. The van der Waals surface area contributed by atoms with Gasteiger partial charge in [0.05, 0.1) is 7.11 Å². The van der Waals surface area contributed by atoms with Gasteiger partial charge in [0.15, 0.2) is 0 Å². The van der Waals surface area contributed by atoms with Crippen LogP contribution in [0.5, 0.6) is 0 Å². The fourth-order valence-electron chi connectivity index (χ4n) is 9.18. The van der Waals surface area contributed by atoms with Gasteiger partial charge in [0.25, 0.3) is 0 Å². The minimum absolute atomic E-state index is 0.0640. The summed E-state index contributed by atoms with van der Waals surface area (Å²) in [6, 6.07) is 0. The Morgan fingerprint density at radius 1 is 0.968 bits per heavy atom. The third-order valence-corrected chi connectivity index (χ3v) is 10.7. The Morgan fingerprint density at radius 3 is 2.39 bits per heavy atom. The van der Waals surface area contributed by atoms with Crippen LogP contribution < -0.4 is 0 Å². The van der Waals surface area contributed by atoms with Crippen LogP contribution in [-0.2, 0) is 19.1 Å². The number of hydrogen-bond acceptors (Lipinski definition) is 4. The monoisotopic (exact) mass is 432 g/mol. The third-order valence-electron chi connectivity index (χ3n) is 10.7. The second-order valence-corrected chi connectivity index (χ2v) is 12.0. The van der Waals surface area contributed by atoms with Gasteiger partial charge in [-0.25, -0.2) is 0 Å². The Kier molecular flexibility index (Phi) is 6.49. The molecule has 0 aromatic carbocycles. The number of carbonyl (C=O) groups excluding carboxylic acids is 2. The Hall–Kier alpha value is -1.06. The summed E-state index contributed by atoms with van der Waals surface area (Å²) in [7, 11) is 1.50. The van der Waals surface area contributed by atoms with Gasteiger partial charge < -0.3 is 9.47 Å². The number of fused-ring (bicyclic) bond motifs is 5. The zero-order valence-corrected chi connectivity index (χ0v) is 20.5. The molecule has 176 valence electrons. The van der Waals surface area contributed by atoms with Crippen LogP contribution in [0.4, 0.5) is 0 Å². The standard InChI is InChI=1S/C27H44O4/c1-17(6-11-25(29)30-5)22-9-10-23-21-8-7-19-16-20(31-18(2)28)12-14-26(19,3)24(21)13-15-27(22,23)4/h17,19-24H,6-16H2,1-5H3/t17-,19+,20-,21+,22-,23+,24+,26+,27-/m1/s1. The van der Waals surface area contributed by atoms with E-state index in [1.165, 1.54) is 52.1 Å². The maximum atomic E-state index is 11.7. The van der Waals surface area contributed by atoms with Crippen molar-refractivity contribution in [2.75, 3.05) is 7.11 Å². The third kappa shape index (κ3) is 4.06. The molecule has 0 N–H and O–H groups in total. The van der Waals surface area contributed by atoms with Crippen molar-refractivity contribution in [3.05, 3.63) is 0 Å². The van der Waals surface area contributed by atoms with Gasteiger partial charge in [-0.15, -0.1) is 0 Å². The summed E-state index contributed by atoms with van der Waals surface area (Å²) in [6.45, 7) is 9.09. The van der Waals surface area contributed by atoms with E-state index in [1.807, 2.05) is 0 Å². The fraction of sp³-hybridized carbons (Fsp3) is 0.926. The van der Waals surface area contributed by atoms with Gasteiger partial charge in [0.1, 0.15) is 6.10 Å². The molecule has 0 unspecified atom stereocenters. The van der Waals surface area contributed by atoms with Crippen LogP contribution in [0.15, 0.2) is 0 Å². The largest absolute Gasteiger partial charge is 0.469 e. The summed E-state index contributed by atoms with van der Waals surface area (Å²) in [5.41, 5.74) is 0.865. The predicted octanol–water partition coefficient (Wildman–Crippen LogP) is 6.17. The SMILES string of the molecule is COC(=O)CC[C@@H](C)[C@H]1CC[C@H]2[C@@H]3CC[C@H]4C[C@H](OC(C)=O)CC[C@]4(C)[C@H]3CC[C@]12C. The Balaban J connectivity index is 1.45. The smallest absolute Gasteiger partial charge is 0.305 e. The van der Waals surface area contributed by atoms with E-state index in [0.29, 0.717) is 29.1 Å². The van der Waals surface area contributed by atoms with Gasteiger partial charge in [-0.3, -0.25) is 9.59 Å². The second-order valence-electron chi connectivity index (χ2n) is 12.0.